The second kappa shape index (κ2) is 7.85. The normalized spacial score (nSPS) is 11.8. The lowest BCUT2D eigenvalue weighted by molar-refractivity contribution is -0.385. The Morgan fingerprint density at radius 1 is 1.11 bits per heavy atom. The molecule has 27 heavy (non-hydrogen) atoms. The van der Waals surface area contributed by atoms with Crippen LogP contribution in [0.15, 0.2) is 53.4 Å². The van der Waals surface area contributed by atoms with E-state index in [0.717, 1.165) is 0 Å². The number of hydrogen-bond donors (Lipinski definition) is 2. The van der Waals surface area contributed by atoms with Crippen molar-refractivity contribution in [1.82, 2.24) is 4.72 Å². The van der Waals surface area contributed by atoms with Gasteiger partial charge in [-0.15, -0.1) is 0 Å². The summed E-state index contributed by atoms with van der Waals surface area (Å²) in [7, 11) is -3.74. The number of amides is 1. The molecule has 144 valence electrons. The molecule has 0 bridgehead atoms. The number of nitro benzene ring substituents is 1. The number of sulfonamides is 1. The number of nitrogens with one attached hydrogen (secondary N) is 2. The minimum Gasteiger partial charge on any atom is -0.326 e. The van der Waals surface area contributed by atoms with E-state index in [1.165, 1.54) is 36.4 Å². The monoisotopic (exact) mass is 391 g/mol. The van der Waals surface area contributed by atoms with Crippen molar-refractivity contribution in [2.24, 2.45) is 0 Å². The third-order valence-corrected chi connectivity index (χ3v) is 5.16. The standard InChI is InChI=1S/C18H21N3O5S/c1-18(2,3)20-27(25,26)15-9-6-8-14(12-15)19-17(22)11-13-7-4-5-10-16(13)21(23)24/h4-10,12,20H,11H2,1-3H3,(H,19,22). The summed E-state index contributed by atoms with van der Waals surface area (Å²) in [6, 6.07) is 11.8. The zero-order valence-electron chi connectivity index (χ0n) is 15.2. The van der Waals surface area contributed by atoms with Crippen LogP contribution in [-0.4, -0.2) is 24.8 Å². The number of nitro groups is 1. The van der Waals surface area contributed by atoms with Gasteiger partial charge in [0.05, 0.1) is 16.2 Å². The van der Waals surface area contributed by atoms with Crippen molar-refractivity contribution in [3.05, 3.63) is 64.2 Å². The Hall–Kier alpha value is -2.78. The van der Waals surface area contributed by atoms with Crippen molar-refractivity contribution in [2.45, 2.75) is 37.6 Å². The smallest absolute Gasteiger partial charge is 0.273 e. The fraction of sp³-hybridized carbons (Fsp3) is 0.278. The van der Waals surface area contributed by atoms with Crippen LogP contribution in [-0.2, 0) is 21.2 Å². The molecule has 2 aromatic rings. The maximum atomic E-state index is 12.4. The van der Waals surface area contributed by atoms with Crippen molar-refractivity contribution < 1.29 is 18.1 Å². The molecule has 0 spiro atoms. The van der Waals surface area contributed by atoms with Gasteiger partial charge in [0, 0.05) is 22.9 Å². The van der Waals surface area contributed by atoms with Crippen LogP contribution in [0.2, 0.25) is 0 Å². The minimum atomic E-state index is -3.74. The first kappa shape index (κ1) is 20.5. The predicted molar refractivity (Wildman–Crippen MR) is 102 cm³/mol. The molecule has 0 unspecified atom stereocenters. The van der Waals surface area contributed by atoms with Gasteiger partial charge in [-0.2, -0.15) is 0 Å². The maximum absolute atomic E-state index is 12.4. The van der Waals surface area contributed by atoms with Gasteiger partial charge in [0.2, 0.25) is 15.9 Å². The van der Waals surface area contributed by atoms with Crippen molar-refractivity contribution in [3.63, 3.8) is 0 Å². The van der Waals surface area contributed by atoms with Crippen LogP contribution >= 0.6 is 0 Å². The van der Waals surface area contributed by atoms with E-state index in [4.69, 9.17) is 0 Å². The molecule has 2 rings (SSSR count). The Balaban J connectivity index is 2.17. The van der Waals surface area contributed by atoms with E-state index >= 15 is 0 Å². The van der Waals surface area contributed by atoms with E-state index in [1.54, 1.807) is 32.9 Å². The van der Waals surface area contributed by atoms with E-state index in [9.17, 15) is 23.3 Å². The molecule has 0 aliphatic rings. The number of nitrogens with zero attached hydrogens (tertiary/aromatic N) is 1. The summed E-state index contributed by atoms with van der Waals surface area (Å²) >= 11 is 0. The number of anilines is 1. The quantitative estimate of drug-likeness (QED) is 0.580. The second-order valence-corrected chi connectivity index (χ2v) is 8.68. The van der Waals surface area contributed by atoms with Gasteiger partial charge in [0.1, 0.15) is 0 Å². The average Bonchev–Trinajstić information content (AvgIpc) is 2.53. The molecule has 0 fully saturated rings. The number of rotatable bonds is 6. The minimum absolute atomic E-state index is 0.0147. The van der Waals surface area contributed by atoms with Gasteiger partial charge in [-0.3, -0.25) is 14.9 Å². The van der Waals surface area contributed by atoms with Gasteiger partial charge < -0.3 is 5.32 Å². The Kier molecular flexibility index (Phi) is 5.97. The number of para-hydroxylation sites is 1. The molecule has 1 amide bonds. The van der Waals surface area contributed by atoms with Crippen molar-refractivity contribution in [2.75, 3.05) is 5.32 Å². The highest BCUT2D eigenvalue weighted by Gasteiger charge is 2.22. The molecular formula is C18H21N3O5S. The lowest BCUT2D eigenvalue weighted by Gasteiger charge is -2.20. The molecule has 0 atom stereocenters. The summed E-state index contributed by atoms with van der Waals surface area (Å²) in [5.41, 5.74) is -0.225. The van der Waals surface area contributed by atoms with Crippen molar-refractivity contribution in [3.8, 4) is 0 Å². The molecule has 0 saturated heterocycles. The summed E-state index contributed by atoms with van der Waals surface area (Å²) in [4.78, 5) is 22.7. The Bertz CT molecular complexity index is 965. The summed E-state index contributed by atoms with van der Waals surface area (Å²) in [5, 5.41) is 13.6. The van der Waals surface area contributed by atoms with E-state index < -0.39 is 26.4 Å². The molecule has 8 nitrogen and oxygen atoms in total. The number of hydrogen-bond acceptors (Lipinski definition) is 5. The van der Waals surface area contributed by atoms with Gasteiger partial charge in [0.25, 0.3) is 5.69 Å². The zero-order chi connectivity index (χ0) is 20.2. The van der Waals surface area contributed by atoms with Crippen LogP contribution in [0.4, 0.5) is 11.4 Å². The third kappa shape index (κ3) is 5.87. The fourth-order valence-corrected chi connectivity index (χ4v) is 3.88. The topological polar surface area (TPSA) is 118 Å². The van der Waals surface area contributed by atoms with Crippen LogP contribution in [0.3, 0.4) is 0 Å². The fourth-order valence-electron chi connectivity index (χ4n) is 2.42. The summed E-state index contributed by atoms with van der Waals surface area (Å²) in [6.07, 6.45) is -0.200. The zero-order valence-corrected chi connectivity index (χ0v) is 16.0. The molecule has 0 aliphatic heterocycles. The average molecular weight is 391 g/mol. The predicted octanol–water partition coefficient (Wildman–Crippen LogP) is 2.85. The molecule has 2 N–H and O–H groups in total. The third-order valence-electron chi connectivity index (χ3n) is 3.41. The maximum Gasteiger partial charge on any atom is 0.273 e. The Morgan fingerprint density at radius 3 is 2.41 bits per heavy atom. The SMILES string of the molecule is CC(C)(C)NS(=O)(=O)c1cccc(NC(=O)Cc2ccccc2[N+](=O)[O-])c1. The first-order valence-electron chi connectivity index (χ1n) is 8.14. The lowest BCUT2D eigenvalue weighted by atomic mass is 10.1. The highest BCUT2D eigenvalue weighted by atomic mass is 32.2. The van der Waals surface area contributed by atoms with Crippen LogP contribution in [0.5, 0.6) is 0 Å². The van der Waals surface area contributed by atoms with Crippen LogP contribution in [0, 0.1) is 10.1 Å². The van der Waals surface area contributed by atoms with Crippen LogP contribution in [0.25, 0.3) is 0 Å². The van der Waals surface area contributed by atoms with Crippen LogP contribution in [0.1, 0.15) is 26.3 Å². The second-order valence-electron chi connectivity index (χ2n) is 6.99. The van der Waals surface area contributed by atoms with E-state index in [1.807, 2.05) is 0 Å². The molecule has 0 aromatic heterocycles. The van der Waals surface area contributed by atoms with Crippen molar-refractivity contribution in [1.29, 1.82) is 0 Å². The summed E-state index contributed by atoms with van der Waals surface area (Å²) in [5.74, 6) is -0.484. The van der Waals surface area contributed by atoms with Gasteiger partial charge in [-0.25, -0.2) is 13.1 Å². The molecule has 9 heteroatoms. The molecule has 2 aromatic carbocycles. The number of benzene rings is 2. The molecular weight excluding hydrogens is 370 g/mol. The number of carbonyl (C=O) groups is 1. The first-order valence-corrected chi connectivity index (χ1v) is 9.62. The van der Waals surface area contributed by atoms with Gasteiger partial charge >= 0.3 is 0 Å². The largest absolute Gasteiger partial charge is 0.326 e. The van der Waals surface area contributed by atoms with Gasteiger partial charge in [-0.1, -0.05) is 24.3 Å². The van der Waals surface area contributed by atoms with E-state index in [-0.39, 0.29) is 28.3 Å². The van der Waals surface area contributed by atoms with Gasteiger partial charge in [-0.05, 0) is 39.0 Å². The van der Waals surface area contributed by atoms with E-state index in [0.29, 0.717) is 0 Å². The first-order chi connectivity index (χ1) is 12.5. The summed E-state index contributed by atoms with van der Waals surface area (Å²) < 4.78 is 27.3. The van der Waals surface area contributed by atoms with E-state index in [2.05, 4.69) is 10.0 Å². The molecule has 0 saturated carbocycles. The molecule has 0 heterocycles. The highest BCUT2D eigenvalue weighted by Crippen LogP contribution is 2.20. The lowest BCUT2D eigenvalue weighted by Crippen LogP contribution is -2.40. The van der Waals surface area contributed by atoms with Gasteiger partial charge in [0.15, 0.2) is 0 Å². The van der Waals surface area contributed by atoms with Crippen LogP contribution < -0.4 is 10.0 Å². The summed E-state index contributed by atoms with van der Waals surface area (Å²) in [6.45, 7) is 5.18. The molecule has 0 aliphatic carbocycles. The Labute approximate surface area is 157 Å². The molecule has 0 radical (unpaired) electrons. The highest BCUT2D eigenvalue weighted by molar-refractivity contribution is 7.89. The Morgan fingerprint density at radius 2 is 1.78 bits per heavy atom. The number of carbonyl (C=O) groups excluding carboxylic acids is 1. The van der Waals surface area contributed by atoms with Crippen molar-refractivity contribution >= 4 is 27.3 Å².